The van der Waals surface area contributed by atoms with E-state index in [0.29, 0.717) is 31.4 Å². The van der Waals surface area contributed by atoms with E-state index in [9.17, 15) is 19.5 Å². The zero-order valence-corrected chi connectivity index (χ0v) is 29.0. The lowest BCUT2D eigenvalue weighted by molar-refractivity contribution is -0.187. The number of benzene rings is 1. The third-order valence-electron chi connectivity index (χ3n) is 10.4. The molecule has 0 saturated carbocycles. The lowest BCUT2D eigenvalue weighted by Crippen LogP contribution is -2.56. The average molecular weight is 641 g/mol. The quantitative estimate of drug-likeness (QED) is 0.282. The van der Waals surface area contributed by atoms with Gasteiger partial charge in [0.2, 0.25) is 5.91 Å². The van der Waals surface area contributed by atoms with Crippen LogP contribution in [0.2, 0.25) is 0 Å². The van der Waals surface area contributed by atoms with Gasteiger partial charge in [-0.3, -0.25) is 14.6 Å². The van der Waals surface area contributed by atoms with Crippen LogP contribution in [0, 0.1) is 29.6 Å². The van der Waals surface area contributed by atoms with Crippen LogP contribution >= 0.6 is 0 Å². The van der Waals surface area contributed by atoms with Crippen molar-refractivity contribution < 1.29 is 33.4 Å². The van der Waals surface area contributed by atoms with Crippen molar-refractivity contribution in [3.8, 4) is 0 Å². The molecule has 8 nitrogen and oxygen atoms in total. The van der Waals surface area contributed by atoms with Gasteiger partial charge in [-0.05, 0) is 82.3 Å². The fourth-order valence-electron chi connectivity index (χ4n) is 7.31. The molecule has 0 radical (unpaired) electrons. The van der Waals surface area contributed by atoms with E-state index >= 15 is 4.39 Å². The van der Waals surface area contributed by atoms with Gasteiger partial charge in [0.15, 0.2) is 5.78 Å². The number of cyclic esters (lactones) is 1. The van der Waals surface area contributed by atoms with Gasteiger partial charge in [-0.15, -0.1) is 0 Å². The Morgan fingerprint density at radius 1 is 1.09 bits per heavy atom. The largest absolute Gasteiger partial charge is 0.457 e. The molecule has 2 bridgehead atoms. The van der Waals surface area contributed by atoms with E-state index in [1.807, 2.05) is 64.1 Å². The summed E-state index contributed by atoms with van der Waals surface area (Å²) in [6.45, 7) is 15.1. The van der Waals surface area contributed by atoms with Gasteiger partial charge < -0.3 is 14.6 Å². The highest BCUT2D eigenvalue weighted by Crippen LogP contribution is 2.42. The van der Waals surface area contributed by atoms with Gasteiger partial charge in [0.1, 0.15) is 11.7 Å². The lowest BCUT2D eigenvalue weighted by Gasteiger charge is -2.46. The first-order chi connectivity index (χ1) is 21.5. The third kappa shape index (κ3) is 8.45. The molecule has 1 aromatic carbocycles. The SMILES string of the molecule is CC[C@H]1OC(=O)[C@@](C)(F)C(=O)[C@H](C)[C@@H](C)[C@@]2(C)C[C@@H](C)C(=NC(C)=O)[C@H](C)[C@@H](CCCC(=N/C=C/c3ccccc3)CO2)[C@]1(C)O. The zero-order valence-electron chi connectivity index (χ0n) is 29.0. The van der Waals surface area contributed by atoms with Gasteiger partial charge in [-0.2, -0.15) is 0 Å². The Morgan fingerprint density at radius 2 is 1.74 bits per heavy atom. The molecule has 0 aliphatic carbocycles. The second-order valence-corrected chi connectivity index (χ2v) is 13.9. The van der Waals surface area contributed by atoms with E-state index in [2.05, 4.69) is 4.99 Å². The van der Waals surface area contributed by atoms with E-state index in [4.69, 9.17) is 14.5 Å². The van der Waals surface area contributed by atoms with Gasteiger partial charge >= 0.3 is 5.97 Å². The number of hydrogen-bond donors (Lipinski definition) is 1. The van der Waals surface area contributed by atoms with Gasteiger partial charge in [-0.1, -0.05) is 65.0 Å². The topological polar surface area (TPSA) is 115 Å². The maximum absolute atomic E-state index is 16.2. The number of esters is 1. The van der Waals surface area contributed by atoms with Crippen LogP contribution in [-0.2, 0) is 23.9 Å². The number of alkyl halides is 1. The molecule has 9 heteroatoms. The molecule has 1 aromatic rings. The van der Waals surface area contributed by atoms with Crippen molar-refractivity contribution in [2.75, 3.05) is 6.61 Å². The molecule has 0 unspecified atom stereocenters. The van der Waals surface area contributed by atoms with Crippen molar-refractivity contribution in [3.63, 3.8) is 0 Å². The molecular formula is C37H53FN2O6. The summed E-state index contributed by atoms with van der Waals surface area (Å²) < 4.78 is 28.5. The molecule has 1 amide bonds. The second kappa shape index (κ2) is 15.2. The smallest absolute Gasteiger partial charge is 0.351 e. The maximum Gasteiger partial charge on any atom is 0.351 e. The summed E-state index contributed by atoms with van der Waals surface area (Å²) in [5.74, 6) is -5.30. The molecule has 2 aliphatic rings. The molecule has 2 heterocycles. The van der Waals surface area contributed by atoms with Gasteiger partial charge in [0.05, 0.1) is 12.2 Å². The normalized spacial score (nSPS) is 38.9. The number of ketones is 1. The van der Waals surface area contributed by atoms with Crippen LogP contribution < -0.4 is 0 Å². The molecule has 46 heavy (non-hydrogen) atoms. The standard InChI is InChI=1S/C37H53FN2O6/c1-10-31-37(9,44)30-18-14-17-29(39-20-19-28-15-12-11-13-16-28)22-45-35(7,21-23(2)32(25(30)4)40-27(6)41)26(5)24(3)33(42)36(8,38)34(43)46-31/h11-13,15-16,19-20,23-26,30-31,44H,10,14,17-18,21-22H2,1-9H3/b20-19+,39-29?,40-32?/t23-,24-,25-,26-,30-,31-,35-,36+,37+/m1/s1. The summed E-state index contributed by atoms with van der Waals surface area (Å²) in [5, 5.41) is 12.2. The predicted octanol–water partition coefficient (Wildman–Crippen LogP) is 6.98. The van der Waals surface area contributed by atoms with Crippen LogP contribution in [0.1, 0.15) is 100.0 Å². The average Bonchev–Trinajstić information content (AvgIpc) is 3.00. The Hall–Kier alpha value is -3.04. The fourth-order valence-corrected chi connectivity index (χ4v) is 7.31. The highest BCUT2D eigenvalue weighted by atomic mass is 19.1. The Kier molecular flexibility index (Phi) is 12.4. The van der Waals surface area contributed by atoms with E-state index in [1.54, 1.807) is 27.0 Å². The van der Waals surface area contributed by atoms with Crippen molar-refractivity contribution >= 4 is 35.2 Å². The maximum atomic E-state index is 16.2. The second-order valence-electron chi connectivity index (χ2n) is 13.9. The molecule has 0 spiro atoms. The predicted molar refractivity (Wildman–Crippen MR) is 179 cm³/mol. The van der Waals surface area contributed by atoms with Crippen molar-refractivity contribution in [1.82, 2.24) is 0 Å². The number of Topliss-reactive ketones (excluding diaryl/α,β-unsaturated/α-hetero) is 1. The number of hydrogen-bond acceptors (Lipinski definition) is 7. The van der Waals surface area contributed by atoms with E-state index in [-0.39, 0.29) is 24.9 Å². The first kappa shape index (κ1) is 37.4. The molecule has 2 fully saturated rings. The Labute approximate surface area is 274 Å². The molecule has 2 aliphatic heterocycles. The molecule has 3 rings (SSSR count). The monoisotopic (exact) mass is 640 g/mol. The number of ether oxygens (including phenoxy) is 2. The third-order valence-corrected chi connectivity index (χ3v) is 10.4. The van der Waals surface area contributed by atoms with Crippen LogP contribution in [0.4, 0.5) is 4.39 Å². The van der Waals surface area contributed by atoms with Crippen molar-refractivity contribution in [2.24, 2.45) is 39.6 Å². The van der Waals surface area contributed by atoms with Crippen LogP contribution in [0.5, 0.6) is 0 Å². The number of nitrogens with zero attached hydrogens (tertiary/aromatic N) is 2. The molecule has 9 atom stereocenters. The number of fused-ring (bicyclic) bond motifs is 5. The van der Waals surface area contributed by atoms with Gasteiger partial charge in [0.25, 0.3) is 5.67 Å². The number of carbonyl (C=O) groups excluding carboxylic acids is 3. The van der Waals surface area contributed by atoms with Crippen molar-refractivity contribution in [3.05, 3.63) is 42.1 Å². The summed E-state index contributed by atoms with van der Waals surface area (Å²) >= 11 is 0. The minimum atomic E-state index is -2.93. The molecule has 0 aromatic heterocycles. The van der Waals surface area contributed by atoms with E-state index in [1.165, 1.54) is 6.92 Å². The van der Waals surface area contributed by atoms with E-state index in [0.717, 1.165) is 18.2 Å². The number of aliphatic hydroxyl groups is 1. The van der Waals surface area contributed by atoms with Crippen LogP contribution in [-0.4, -0.2) is 63.8 Å². The number of halogens is 1. The Morgan fingerprint density at radius 3 is 2.35 bits per heavy atom. The van der Waals surface area contributed by atoms with Crippen LogP contribution in [0.3, 0.4) is 0 Å². The summed E-state index contributed by atoms with van der Waals surface area (Å²) in [6, 6.07) is 9.84. The fraction of sp³-hybridized carbons (Fsp3) is 0.649. The summed E-state index contributed by atoms with van der Waals surface area (Å²) in [6.07, 6.45) is 4.76. The van der Waals surface area contributed by atoms with Crippen LogP contribution in [0.25, 0.3) is 6.08 Å². The lowest BCUT2D eigenvalue weighted by atomic mass is 9.67. The Balaban J connectivity index is 2.25. The van der Waals surface area contributed by atoms with Crippen LogP contribution in [0.15, 0.2) is 46.5 Å². The number of rotatable bonds is 3. The number of carbonyl (C=O) groups is 3. The summed E-state index contributed by atoms with van der Waals surface area (Å²) in [4.78, 5) is 48.8. The summed E-state index contributed by atoms with van der Waals surface area (Å²) in [7, 11) is 0. The van der Waals surface area contributed by atoms with Crippen molar-refractivity contribution in [2.45, 2.75) is 117 Å². The highest BCUT2D eigenvalue weighted by Gasteiger charge is 2.53. The Bertz CT molecular complexity index is 1340. The van der Waals surface area contributed by atoms with Crippen molar-refractivity contribution in [1.29, 1.82) is 0 Å². The molecule has 2 saturated heterocycles. The number of aliphatic imine (C=N–C) groups is 2. The minimum absolute atomic E-state index is 0.163. The number of amides is 1. The molecule has 1 N–H and O–H groups in total. The van der Waals surface area contributed by atoms with E-state index < -0.39 is 58.4 Å². The first-order valence-electron chi connectivity index (χ1n) is 16.6. The molecule has 254 valence electrons. The molecular weight excluding hydrogens is 587 g/mol. The summed E-state index contributed by atoms with van der Waals surface area (Å²) in [5.41, 5.74) is -3.16. The van der Waals surface area contributed by atoms with Gasteiger partial charge in [0, 0.05) is 36.4 Å². The minimum Gasteiger partial charge on any atom is -0.457 e. The zero-order chi connectivity index (χ0) is 34.4. The van der Waals surface area contributed by atoms with Gasteiger partial charge in [-0.25, -0.2) is 14.2 Å². The highest BCUT2D eigenvalue weighted by molar-refractivity contribution is 6.07. The first-order valence-corrected chi connectivity index (χ1v) is 16.6.